The number of methoxy groups -OCH3 is 1. The fraction of sp³-hybridized carbons (Fsp3) is 0.429. The SMILES string of the molecule is CCNc1cc(NCC(O)c2ccsc2)nc(COC)n1. The van der Waals surface area contributed by atoms with Gasteiger partial charge in [-0.2, -0.15) is 11.3 Å². The number of anilines is 2. The van der Waals surface area contributed by atoms with Crippen molar-refractivity contribution < 1.29 is 9.84 Å². The molecule has 6 nitrogen and oxygen atoms in total. The molecule has 0 amide bonds. The Morgan fingerprint density at radius 3 is 2.71 bits per heavy atom. The van der Waals surface area contributed by atoms with Gasteiger partial charge in [-0.3, -0.25) is 0 Å². The van der Waals surface area contributed by atoms with Gasteiger partial charge in [-0.05, 0) is 29.3 Å². The van der Waals surface area contributed by atoms with E-state index in [4.69, 9.17) is 4.74 Å². The summed E-state index contributed by atoms with van der Waals surface area (Å²) in [5.41, 5.74) is 0.908. The first kappa shape index (κ1) is 15.7. The number of hydrogen-bond donors (Lipinski definition) is 3. The lowest BCUT2D eigenvalue weighted by Crippen LogP contribution is -2.14. The topological polar surface area (TPSA) is 79.3 Å². The van der Waals surface area contributed by atoms with E-state index in [0.29, 0.717) is 24.8 Å². The zero-order valence-corrected chi connectivity index (χ0v) is 13.0. The van der Waals surface area contributed by atoms with Gasteiger partial charge in [-0.25, -0.2) is 9.97 Å². The van der Waals surface area contributed by atoms with Crippen LogP contribution < -0.4 is 10.6 Å². The smallest absolute Gasteiger partial charge is 0.158 e. The van der Waals surface area contributed by atoms with Gasteiger partial charge in [-0.15, -0.1) is 0 Å². The Bertz CT molecular complexity index is 524. The molecule has 1 unspecified atom stereocenters. The Morgan fingerprint density at radius 1 is 1.33 bits per heavy atom. The molecule has 0 aliphatic rings. The van der Waals surface area contributed by atoms with E-state index in [9.17, 15) is 5.11 Å². The third-order valence-corrected chi connectivity index (χ3v) is 3.51. The van der Waals surface area contributed by atoms with Crippen LogP contribution in [0.25, 0.3) is 0 Å². The molecule has 0 bridgehead atoms. The summed E-state index contributed by atoms with van der Waals surface area (Å²) in [7, 11) is 1.61. The number of aliphatic hydroxyl groups is 1. The van der Waals surface area contributed by atoms with Crippen LogP contribution in [0.1, 0.15) is 24.4 Å². The average Bonchev–Trinajstić information content (AvgIpc) is 2.99. The summed E-state index contributed by atoms with van der Waals surface area (Å²) in [6, 6.07) is 3.74. The van der Waals surface area contributed by atoms with Crippen molar-refractivity contribution in [2.75, 3.05) is 30.8 Å². The molecule has 0 spiro atoms. The minimum atomic E-state index is -0.556. The number of hydrogen-bond acceptors (Lipinski definition) is 7. The van der Waals surface area contributed by atoms with Crippen molar-refractivity contribution in [3.63, 3.8) is 0 Å². The molecule has 0 aliphatic heterocycles. The molecule has 1 atom stereocenters. The first-order valence-electron chi connectivity index (χ1n) is 6.77. The zero-order chi connectivity index (χ0) is 15.1. The van der Waals surface area contributed by atoms with Crippen LogP contribution in [0.15, 0.2) is 22.9 Å². The average molecular weight is 308 g/mol. The van der Waals surface area contributed by atoms with Crippen molar-refractivity contribution in [1.29, 1.82) is 0 Å². The first-order chi connectivity index (χ1) is 10.2. The molecule has 2 aromatic heterocycles. The number of aromatic nitrogens is 2. The van der Waals surface area contributed by atoms with Crippen LogP contribution in [0, 0.1) is 0 Å². The predicted octanol–water partition coefficient (Wildman–Crippen LogP) is 2.26. The number of ether oxygens (including phenoxy) is 1. The third-order valence-electron chi connectivity index (χ3n) is 2.81. The van der Waals surface area contributed by atoms with Crippen molar-refractivity contribution in [3.8, 4) is 0 Å². The van der Waals surface area contributed by atoms with Crippen LogP contribution in [0.2, 0.25) is 0 Å². The Kier molecular flexibility index (Phi) is 5.91. The third kappa shape index (κ3) is 4.66. The molecular formula is C14H20N4O2S. The van der Waals surface area contributed by atoms with E-state index in [0.717, 1.165) is 17.9 Å². The van der Waals surface area contributed by atoms with Gasteiger partial charge in [0.05, 0.1) is 6.10 Å². The highest BCUT2D eigenvalue weighted by Gasteiger charge is 2.09. The summed E-state index contributed by atoms with van der Waals surface area (Å²) < 4.78 is 5.07. The van der Waals surface area contributed by atoms with Crippen LogP contribution in [-0.4, -0.2) is 35.3 Å². The standard InChI is InChI=1S/C14H20N4O2S/c1-3-15-12-6-13(18-14(17-12)8-20-2)16-7-11(19)10-4-5-21-9-10/h4-6,9,11,19H,3,7-8H2,1-2H3,(H2,15,16,17,18). The number of aliphatic hydroxyl groups excluding tert-OH is 1. The Labute approximate surface area is 128 Å². The summed E-state index contributed by atoms with van der Waals surface area (Å²) in [6.45, 7) is 3.53. The molecule has 0 fully saturated rings. The molecule has 0 saturated carbocycles. The molecule has 0 radical (unpaired) electrons. The maximum Gasteiger partial charge on any atom is 0.158 e. The quantitative estimate of drug-likeness (QED) is 0.694. The second kappa shape index (κ2) is 7.92. The van der Waals surface area contributed by atoms with Gasteiger partial charge in [0.1, 0.15) is 18.2 Å². The normalized spacial score (nSPS) is 12.1. The van der Waals surface area contributed by atoms with Crippen LogP contribution in [0.5, 0.6) is 0 Å². The van der Waals surface area contributed by atoms with Gasteiger partial charge in [0.25, 0.3) is 0 Å². The van der Waals surface area contributed by atoms with E-state index in [1.54, 1.807) is 18.4 Å². The largest absolute Gasteiger partial charge is 0.387 e. The fourth-order valence-electron chi connectivity index (χ4n) is 1.84. The minimum Gasteiger partial charge on any atom is -0.387 e. The summed E-state index contributed by atoms with van der Waals surface area (Å²) in [4.78, 5) is 8.70. The molecular weight excluding hydrogens is 288 g/mol. The summed E-state index contributed by atoms with van der Waals surface area (Å²) in [6.07, 6.45) is -0.556. The van der Waals surface area contributed by atoms with E-state index in [1.807, 2.05) is 29.8 Å². The molecule has 2 rings (SSSR count). The van der Waals surface area contributed by atoms with Crippen molar-refractivity contribution in [2.45, 2.75) is 19.6 Å². The van der Waals surface area contributed by atoms with Crippen LogP contribution in [0.4, 0.5) is 11.6 Å². The highest BCUT2D eigenvalue weighted by atomic mass is 32.1. The maximum absolute atomic E-state index is 10.1. The molecule has 21 heavy (non-hydrogen) atoms. The van der Waals surface area contributed by atoms with Gasteiger partial charge < -0.3 is 20.5 Å². The number of thiophene rings is 1. The number of rotatable bonds is 8. The van der Waals surface area contributed by atoms with Gasteiger partial charge in [0.15, 0.2) is 5.82 Å². The lowest BCUT2D eigenvalue weighted by Gasteiger charge is -2.13. The monoisotopic (exact) mass is 308 g/mol. The molecule has 2 heterocycles. The molecule has 0 aromatic carbocycles. The van der Waals surface area contributed by atoms with E-state index in [-0.39, 0.29) is 0 Å². The van der Waals surface area contributed by atoms with Crippen LogP contribution >= 0.6 is 11.3 Å². The lowest BCUT2D eigenvalue weighted by atomic mass is 10.2. The van der Waals surface area contributed by atoms with Gasteiger partial charge >= 0.3 is 0 Å². The van der Waals surface area contributed by atoms with E-state index < -0.39 is 6.10 Å². The highest BCUT2D eigenvalue weighted by molar-refractivity contribution is 7.07. The molecule has 2 aromatic rings. The van der Waals surface area contributed by atoms with E-state index >= 15 is 0 Å². The van der Waals surface area contributed by atoms with Crippen molar-refractivity contribution >= 4 is 23.0 Å². The Balaban J connectivity index is 2.04. The van der Waals surface area contributed by atoms with Gasteiger partial charge in [0, 0.05) is 26.3 Å². The fourth-order valence-corrected chi connectivity index (χ4v) is 2.54. The minimum absolute atomic E-state index is 0.348. The molecule has 7 heteroatoms. The lowest BCUT2D eigenvalue weighted by molar-refractivity contribution is 0.178. The molecule has 114 valence electrons. The van der Waals surface area contributed by atoms with Crippen LogP contribution in [-0.2, 0) is 11.3 Å². The molecule has 0 saturated heterocycles. The molecule has 3 N–H and O–H groups in total. The van der Waals surface area contributed by atoms with Crippen molar-refractivity contribution in [1.82, 2.24) is 9.97 Å². The van der Waals surface area contributed by atoms with Crippen LogP contribution in [0.3, 0.4) is 0 Å². The second-order valence-electron chi connectivity index (χ2n) is 4.47. The number of nitrogens with one attached hydrogen (secondary N) is 2. The number of nitrogens with zero attached hydrogens (tertiary/aromatic N) is 2. The predicted molar refractivity (Wildman–Crippen MR) is 84.7 cm³/mol. The van der Waals surface area contributed by atoms with Gasteiger partial charge in [0.2, 0.25) is 0 Å². The maximum atomic E-state index is 10.1. The summed E-state index contributed by atoms with van der Waals surface area (Å²) >= 11 is 1.57. The second-order valence-corrected chi connectivity index (χ2v) is 5.25. The van der Waals surface area contributed by atoms with E-state index in [1.165, 1.54) is 0 Å². The Hall–Kier alpha value is -1.70. The van der Waals surface area contributed by atoms with Gasteiger partial charge in [-0.1, -0.05) is 0 Å². The van der Waals surface area contributed by atoms with E-state index in [2.05, 4.69) is 20.6 Å². The Morgan fingerprint density at radius 2 is 2.10 bits per heavy atom. The van der Waals surface area contributed by atoms with Crippen molar-refractivity contribution in [2.24, 2.45) is 0 Å². The van der Waals surface area contributed by atoms with Crippen molar-refractivity contribution in [3.05, 3.63) is 34.3 Å². The summed E-state index contributed by atoms with van der Waals surface area (Å²) in [5.74, 6) is 2.01. The highest BCUT2D eigenvalue weighted by Crippen LogP contribution is 2.18. The molecule has 0 aliphatic carbocycles. The zero-order valence-electron chi connectivity index (χ0n) is 12.2. The summed E-state index contributed by atoms with van der Waals surface area (Å²) in [5, 5.41) is 20.3. The first-order valence-corrected chi connectivity index (χ1v) is 7.72.